The highest BCUT2D eigenvalue weighted by molar-refractivity contribution is 5.99. The molecule has 0 saturated carbocycles. The van der Waals surface area contributed by atoms with Gasteiger partial charge in [-0.15, -0.1) is 0 Å². The molecule has 6 nitrogen and oxygen atoms in total. The normalized spacial score (nSPS) is 14.7. The van der Waals surface area contributed by atoms with Crippen molar-refractivity contribution in [3.05, 3.63) is 118 Å². The van der Waals surface area contributed by atoms with Gasteiger partial charge in [0.05, 0.1) is 24.1 Å². The number of hydrogen-bond donors (Lipinski definition) is 0. The lowest BCUT2D eigenvalue weighted by molar-refractivity contribution is 0.0714. The van der Waals surface area contributed by atoms with Crippen molar-refractivity contribution in [1.82, 2.24) is 4.90 Å². The lowest BCUT2D eigenvalue weighted by Gasteiger charge is -2.26. The summed E-state index contributed by atoms with van der Waals surface area (Å²) in [6.07, 6.45) is 1.60. The maximum atomic E-state index is 14.0. The van der Waals surface area contributed by atoms with E-state index in [2.05, 4.69) is 6.58 Å². The number of benzene rings is 3. The van der Waals surface area contributed by atoms with Crippen LogP contribution >= 0.6 is 0 Å². The highest BCUT2D eigenvalue weighted by Crippen LogP contribution is 2.41. The first-order chi connectivity index (χ1) is 17.4. The van der Waals surface area contributed by atoms with E-state index in [1.807, 2.05) is 0 Å². The van der Waals surface area contributed by atoms with E-state index in [9.17, 15) is 18.4 Å². The van der Waals surface area contributed by atoms with Crippen molar-refractivity contribution < 1.29 is 27.5 Å². The Hall–Kier alpha value is -4.46. The third kappa shape index (κ3) is 4.00. The average molecular weight is 489 g/mol. The summed E-state index contributed by atoms with van der Waals surface area (Å²) in [4.78, 5) is 28.6. The molecule has 3 aromatic carbocycles. The molecule has 4 aromatic rings. The molecule has 5 rings (SSSR count). The van der Waals surface area contributed by atoms with Crippen molar-refractivity contribution in [2.45, 2.75) is 12.6 Å². The Morgan fingerprint density at radius 3 is 2.47 bits per heavy atom. The third-order valence-corrected chi connectivity index (χ3v) is 6.05. The molecule has 8 heteroatoms. The van der Waals surface area contributed by atoms with Crippen molar-refractivity contribution in [2.24, 2.45) is 0 Å². The molecule has 0 N–H and O–H groups in total. The molecule has 1 aliphatic rings. The van der Waals surface area contributed by atoms with Gasteiger partial charge in [-0.05, 0) is 53.6 Å². The molecule has 36 heavy (non-hydrogen) atoms. The van der Waals surface area contributed by atoms with Gasteiger partial charge in [-0.3, -0.25) is 9.59 Å². The van der Waals surface area contributed by atoms with Gasteiger partial charge in [-0.1, -0.05) is 30.9 Å². The van der Waals surface area contributed by atoms with Crippen LogP contribution in [0.2, 0.25) is 0 Å². The van der Waals surface area contributed by atoms with Crippen molar-refractivity contribution in [2.75, 3.05) is 13.7 Å². The SMILES string of the molecule is C=CCOc1ccc(C2c3c(oc4ccc(F)cc4c3=O)C(=O)N2Cc2ccc(F)cc2)cc1OC. The minimum absolute atomic E-state index is 0.0353. The molecule has 1 unspecified atom stereocenters. The van der Waals surface area contributed by atoms with Gasteiger partial charge in [0.1, 0.15) is 23.8 Å². The zero-order valence-electron chi connectivity index (χ0n) is 19.3. The first-order valence-electron chi connectivity index (χ1n) is 11.1. The van der Waals surface area contributed by atoms with Gasteiger partial charge in [0.2, 0.25) is 5.76 Å². The Morgan fingerprint density at radius 1 is 1.00 bits per heavy atom. The molecule has 182 valence electrons. The molecular weight excluding hydrogens is 468 g/mol. The molecule has 0 saturated heterocycles. The smallest absolute Gasteiger partial charge is 0.291 e. The van der Waals surface area contributed by atoms with E-state index in [4.69, 9.17) is 13.9 Å². The van der Waals surface area contributed by atoms with E-state index in [1.54, 1.807) is 36.4 Å². The second-order valence-electron chi connectivity index (χ2n) is 8.29. The molecule has 2 heterocycles. The van der Waals surface area contributed by atoms with Gasteiger partial charge >= 0.3 is 0 Å². The van der Waals surface area contributed by atoms with Crippen LogP contribution < -0.4 is 14.9 Å². The third-order valence-electron chi connectivity index (χ3n) is 6.05. The van der Waals surface area contributed by atoms with Gasteiger partial charge in [0.25, 0.3) is 5.91 Å². The van der Waals surface area contributed by atoms with Gasteiger partial charge in [0, 0.05) is 6.54 Å². The van der Waals surface area contributed by atoms with Gasteiger partial charge < -0.3 is 18.8 Å². The minimum Gasteiger partial charge on any atom is -0.493 e. The highest BCUT2D eigenvalue weighted by Gasteiger charge is 2.43. The second kappa shape index (κ2) is 9.30. The summed E-state index contributed by atoms with van der Waals surface area (Å²) in [6, 6.07) is 13.5. The van der Waals surface area contributed by atoms with E-state index >= 15 is 0 Å². The number of fused-ring (bicyclic) bond motifs is 2. The first kappa shape index (κ1) is 23.3. The Bertz CT molecular complexity index is 1540. The molecular formula is C28H21F2NO5. The van der Waals surface area contributed by atoms with Crippen LogP contribution in [0.4, 0.5) is 8.78 Å². The average Bonchev–Trinajstić information content (AvgIpc) is 3.16. The fourth-order valence-electron chi connectivity index (χ4n) is 4.41. The summed E-state index contributed by atoms with van der Waals surface area (Å²) in [7, 11) is 1.48. The number of amides is 1. The van der Waals surface area contributed by atoms with E-state index in [1.165, 1.54) is 30.2 Å². The van der Waals surface area contributed by atoms with Crippen LogP contribution in [-0.2, 0) is 6.54 Å². The predicted octanol–water partition coefficient (Wildman–Crippen LogP) is 5.39. The van der Waals surface area contributed by atoms with Crippen LogP contribution in [0.25, 0.3) is 11.0 Å². The van der Waals surface area contributed by atoms with Gasteiger partial charge in [-0.25, -0.2) is 8.78 Å². The van der Waals surface area contributed by atoms with Crippen LogP contribution in [0.3, 0.4) is 0 Å². The van der Waals surface area contributed by atoms with Crippen LogP contribution in [-0.4, -0.2) is 24.5 Å². The summed E-state index contributed by atoms with van der Waals surface area (Å²) < 4.78 is 44.4. The zero-order chi connectivity index (χ0) is 25.4. The predicted molar refractivity (Wildman–Crippen MR) is 129 cm³/mol. The molecule has 0 spiro atoms. The summed E-state index contributed by atoms with van der Waals surface area (Å²) >= 11 is 0. The van der Waals surface area contributed by atoms with Crippen LogP contribution in [0.5, 0.6) is 11.5 Å². The van der Waals surface area contributed by atoms with Crippen molar-refractivity contribution in [3.8, 4) is 11.5 Å². The van der Waals surface area contributed by atoms with E-state index in [-0.39, 0.29) is 35.4 Å². The summed E-state index contributed by atoms with van der Waals surface area (Å²) in [6.45, 7) is 3.98. The number of rotatable bonds is 7. The lowest BCUT2D eigenvalue weighted by atomic mass is 9.97. The quantitative estimate of drug-likeness (QED) is 0.326. The highest BCUT2D eigenvalue weighted by atomic mass is 19.1. The molecule has 0 radical (unpaired) electrons. The number of carbonyl (C=O) groups is 1. The molecule has 1 atom stereocenters. The molecule has 0 aliphatic carbocycles. The summed E-state index contributed by atoms with van der Waals surface area (Å²) in [5.41, 5.74) is 0.930. The fraction of sp³-hybridized carbons (Fsp3) is 0.143. The van der Waals surface area contributed by atoms with Gasteiger partial charge in [-0.2, -0.15) is 0 Å². The Labute approximate surface area is 205 Å². The number of nitrogens with zero attached hydrogens (tertiary/aromatic N) is 1. The van der Waals surface area contributed by atoms with E-state index in [0.717, 1.165) is 12.1 Å². The summed E-state index contributed by atoms with van der Waals surface area (Å²) in [5.74, 6) is -0.761. The molecule has 0 fully saturated rings. The lowest BCUT2D eigenvalue weighted by Crippen LogP contribution is -2.29. The van der Waals surface area contributed by atoms with Crippen molar-refractivity contribution in [3.63, 3.8) is 0 Å². The number of carbonyl (C=O) groups excluding carboxylic acids is 1. The van der Waals surface area contributed by atoms with Crippen molar-refractivity contribution in [1.29, 1.82) is 0 Å². The van der Waals surface area contributed by atoms with Crippen LogP contribution in [0.1, 0.15) is 33.3 Å². The Balaban J connectivity index is 1.69. The molecule has 1 aromatic heterocycles. The largest absolute Gasteiger partial charge is 0.493 e. The van der Waals surface area contributed by atoms with Crippen molar-refractivity contribution >= 4 is 16.9 Å². The zero-order valence-corrected chi connectivity index (χ0v) is 19.3. The first-order valence-corrected chi connectivity index (χ1v) is 11.1. The van der Waals surface area contributed by atoms with E-state index < -0.39 is 29.0 Å². The molecule has 1 amide bonds. The van der Waals surface area contributed by atoms with Gasteiger partial charge in [0.15, 0.2) is 16.9 Å². The maximum Gasteiger partial charge on any atom is 0.291 e. The Kier molecular flexibility index (Phi) is 6.01. The molecule has 1 aliphatic heterocycles. The van der Waals surface area contributed by atoms with E-state index in [0.29, 0.717) is 22.6 Å². The summed E-state index contributed by atoms with van der Waals surface area (Å²) in [5, 5.41) is 0.0353. The second-order valence-corrected chi connectivity index (χ2v) is 8.29. The monoisotopic (exact) mass is 489 g/mol. The Morgan fingerprint density at radius 2 is 1.75 bits per heavy atom. The van der Waals surface area contributed by atoms with Crippen LogP contribution in [0, 0.1) is 11.6 Å². The number of methoxy groups -OCH3 is 1. The molecule has 0 bridgehead atoms. The number of ether oxygens (including phenoxy) is 2. The number of halogens is 2. The fourth-order valence-corrected chi connectivity index (χ4v) is 4.41. The maximum absolute atomic E-state index is 14.0. The standard InChI is InChI=1S/C28H21F2NO5/c1-3-12-35-22-10-6-17(13-23(22)34-2)25-24-26(32)20-14-19(30)9-11-21(20)36-27(24)28(33)31(25)15-16-4-7-18(29)8-5-16/h3-11,13-14,25H,1,12,15H2,2H3. The number of hydrogen-bond acceptors (Lipinski definition) is 5. The van der Waals surface area contributed by atoms with Crippen LogP contribution in [0.15, 0.2) is 82.5 Å². The topological polar surface area (TPSA) is 69.0 Å². The minimum atomic E-state index is -0.858.